The molecule has 0 amide bonds. The van der Waals surface area contributed by atoms with Crippen molar-refractivity contribution in [3.63, 3.8) is 0 Å². The number of nitrogens with zero attached hydrogens (tertiary/aromatic N) is 1. The summed E-state index contributed by atoms with van der Waals surface area (Å²) in [5.74, 6) is 0.740. The number of aliphatic hydroxyl groups is 1. The molecule has 0 bridgehead atoms. The van der Waals surface area contributed by atoms with Crippen LogP contribution in [0.25, 0.3) is 0 Å². The maximum atomic E-state index is 9.18. The highest BCUT2D eigenvalue weighted by Crippen LogP contribution is 2.27. The van der Waals surface area contributed by atoms with Gasteiger partial charge in [0.15, 0.2) is 0 Å². The van der Waals surface area contributed by atoms with Gasteiger partial charge in [0.1, 0.15) is 0 Å². The first kappa shape index (κ1) is 12.3. The van der Waals surface area contributed by atoms with E-state index in [1.807, 2.05) is 0 Å². The Labute approximate surface area is 99.2 Å². The Morgan fingerprint density at radius 3 is 2.69 bits per heavy atom. The second kappa shape index (κ2) is 5.99. The molecular formula is C13H26N2O. The van der Waals surface area contributed by atoms with Crippen LogP contribution in [0.1, 0.15) is 39.0 Å². The van der Waals surface area contributed by atoms with Gasteiger partial charge in [-0.1, -0.05) is 19.8 Å². The fraction of sp³-hybridized carbons (Fsp3) is 1.00. The molecule has 16 heavy (non-hydrogen) atoms. The fourth-order valence-corrected chi connectivity index (χ4v) is 3.29. The number of hydrogen-bond acceptors (Lipinski definition) is 3. The van der Waals surface area contributed by atoms with Gasteiger partial charge in [-0.2, -0.15) is 0 Å². The Hall–Kier alpha value is -0.120. The van der Waals surface area contributed by atoms with Gasteiger partial charge in [0.25, 0.3) is 0 Å². The molecule has 2 fully saturated rings. The van der Waals surface area contributed by atoms with Gasteiger partial charge in [-0.05, 0) is 31.7 Å². The Morgan fingerprint density at radius 2 is 2.00 bits per heavy atom. The standard InChI is InChI=1S/C13H26N2O/c1-11-8-14-9-13(6-7-16)15(10-11)12-4-2-3-5-12/h11-14,16H,2-10H2,1H3. The first-order chi connectivity index (χ1) is 7.81. The van der Waals surface area contributed by atoms with Crippen molar-refractivity contribution >= 4 is 0 Å². The van der Waals surface area contributed by atoms with E-state index in [-0.39, 0.29) is 0 Å². The van der Waals surface area contributed by atoms with Crippen LogP contribution < -0.4 is 5.32 Å². The topological polar surface area (TPSA) is 35.5 Å². The van der Waals surface area contributed by atoms with Crippen LogP contribution in [0.2, 0.25) is 0 Å². The van der Waals surface area contributed by atoms with Crippen molar-refractivity contribution in [1.29, 1.82) is 0 Å². The zero-order valence-corrected chi connectivity index (χ0v) is 10.5. The summed E-state index contributed by atoms with van der Waals surface area (Å²) in [6.45, 7) is 6.05. The van der Waals surface area contributed by atoms with Crippen molar-refractivity contribution in [2.45, 2.75) is 51.1 Å². The lowest BCUT2D eigenvalue weighted by Crippen LogP contribution is -2.46. The minimum atomic E-state index is 0.323. The Morgan fingerprint density at radius 1 is 1.25 bits per heavy atom. The van der Waals surface area contributed by atoms with Gasteiger partial charge in [0, 0.05) is 31.8 Å². The van der Waals surface area contributed by atoms with Crippen LogP contribution in [-0.4, -0.2) is 48.3 Å². The number of aliphatic hydroxyl groups excluding tert-OH is 1. The first-order valence-electron chi connectivity index (χ1n) is 6.88. The van der Waals surface area contributed by atoms with E-state index < -0.39 is 0 Å². The summed E-state index contributed by atoms with van der Waals surface area (Å²) in [5.41, 5.74) is 0. The zero-order chi connectivity index (χ0) is 11.4. The smallest absolute Gasteiger partial charge is 0.0446 e. The Balaban J connectivity index is 2.00. The maximum Gasteiger partial charge on any atom is 0.0446 e. The normalized spacial score (nSPS) is 34.1. The third kappa shape index (κ3) is 2.96. The van der Waals surface area contributed by atoms with Crippen molar-refractivity contribution < 1.29 is 5.11 Å². The molecule has 2 atom stereocenters. The zero-order valence-electron chi connectivity index (χ0n) is 10.5. The monoisotopic (exact) mass is 226 g/mol. The van der Waals surface area contributed by atoms with E-state index in [1.165, 1.54) is 32.2 Å². The summed E-state index contributed by atoms with van der Waals surface area (Å²) in [7, 11) is 0. The average Bonchev–Trinajstić information content (AvgIpc) is 2.72. The van der Waals surface area contributed by atoms with Crippen LogP contribution in [0.5, 0.6) is 0 Å². The van der Waals surface area contributed by atoms with Crippen LogP contribution in [0.3, 0.4) is 0 Å². The molecule has 1 heterocycles. The van der Waals surface area contributed by atoms with E-state index in [0.29, 0.717) is 12.6 Å². The first-order valence-corrected chi connectivity index (χ1v) is 6.88. The predicted molar refractivity (Wildman–Crippen MR) is 66.5 cm³/mol. The van der Waals surface area contributed by atoms with Gasteiger partial charge in [0.05, 0.1) is 0 Å². The van der Waals surface area contributed by atoms with Crippen LogP contribution in [0, 0.1) is 5.92 Å². The fourth-order valence-electron chi connectivity index (χ4n) is 3.29. The lowest BCUT2D eigenvalue weighted by atomic mass is 10.1. The number of nitrogens with one attached hydrogen (secondary N) is 1. The minimum Gasteiger partial charge on any atom is -0.396 e. The van der Waals surface area contributed by atoms with Crippen LogP contribution in [0.15, 0.2) is 0 Å². The third-order valence-corrected chi connectivity index (χ3v) is 4.12. The van der Waals surface area contributed by atoms with Crippen molar-refractivity contribution in [1.82, 2.24) is 10.2 Å². The quantitative estimate of drug-likeness (QED) is 0.759. The highest BCUT2D eigenvalue weighted by molar-refractivity contribution is 4.87. The van der Waals surface area contributed by atoms with E-state index in [1.54, 1.807) is 0 Å². The highest BCUT2D eigenvalue weighted by Gasteiger charge is 2.30. The largest absolute Gasteiger partial charge is 0.396 e. The molecule has 1 aliphatic heterocycles. The molecule has 2 aliphatic rings. The molecule has 2 N–H and O–H groups in total. The molecule has 0 aromatic rings. The number of rotatable bonds is 3. The van der Waals surface area contributed by atoms with Gasteiger partial charge < -0.3 is 10.4 Å². The second-order valence-electron chi connectivity index (χ2n) is 5.56. The van der Waals surface area contributed by atoms with Crippen LogP contribution in [-0.2, 0) is 0 Å². The molecule has 0 radical (unpaired) electrons. The molecule has 3 heteroatoms. The van der Waals surface area contributed by atoms with Crippen molar-refractivity contribution in [2.75, 3.05) is 26.2 Å². The van der Waals surface area contributed by atoms with Gasteiger partial charge in [-0.15, -0.1) is 0 Å². The van der Waals surface area contributed by atoms with Crippen molar-refractivity contribution in [3.05, 3.63) is 0 Å². The van der Waals surface area contributed by atoms with E-state index in [2.05, 4.69) is 17.1 Å². The van der Waals surface area contributed by atoms with Crippen LogP contribution >= 0.6 is 0 Å². The van der Waals surface area contributed by atoms with E-state index in [9.17, 15) is 5.11 Å². The summed E-state index contributed by atoms with van der Waals surface area (Å²) in [6.07, 6.45) is 6.46. The molecule has 1 aliphatic carbocycles. The molecule has 2 rings (SSSR count). The molecule has 3 nitrogen and oxygen atoms in total. The SMILES string of the molecule is CC1CNCC(CCO)N(C2CCCC2)C1. The summed E-state index contributed by atoms with van der Waals surface area (Å²) in [5, 5.41) is 12.7. The van der Waals surface area contributed by atoms with Gasteiger partial charge >= 0.3 is 0 Å². The number of hydrogen-bond donors (Lipinski definition) is 2. The third-order valence-electron chi connectivity index (χ3n) is 4.12. The molecule has 0 spiro atoms. The van der Waals surface area contributed by atoms with Gasteiger partial charge in [0.2, 0.25) is 0 Å². The van der Waals surface area contributed by atoms with Crippen molar-refractivity contribution in [2.24, 2.45) is 5.92 Å². The minimum absolute atomic E-state index is 0.323. The lowest BCUT2D eigenvalue weighted by Gasteiger charge is -2.35. The molecule has 0 aromatic heterocycles. The summed E-state index contributed by atoms with van der Waals surface area (Å²) >= 11 is 0. The Kier molecular flexibility index (Phi) is 4.62. The summed E-state index contributed by atoms with van der Waals surface area (Å²) in [6, 6.07) is 1.34. The molecule has 1 saturated heterocycles. The van der Waals surface area contributed by atoms with Gasteiger partial charge in [-0.3, -0.25) is 4.90 Å². The van der Waals surface area contributed by atoms with Crippen LogP contribution in [0.4, 0.5) is 0 Å². The molecule has 1 saturated carbocycles. The predicted octanol–water partition coefficient (Wildman–Crippen LogP) is 1.22. The highest BCUT2D eigenvalue weighted by atomic mass is 16.3. The molecule has 0 aromatic carbocycles. The van der Waals surface area contributed by atoms with E-state index in [0.717, 1.165) is 31.5 Å². The Bertz CT molecular complexity index is 204. The average molecular weight is 226 g/mol. The molecule has 2 unspecified atom stereocenters. The van der Waals surface area contributed by atoms with E-state index in [4.69, 9.17) is 0 Å². The molecular weight excluding hydrogens is 200 g/mol. The maximum absolute atomic E-state index is 9.18. The molecule has 94 valence electrons. The van der Waals surface area contributed by atoms with E-state index >= 15 is 0 Å². The summed E-state index contributed by atoms with van der Waals surface area (Å²) in [4.78, 5) is 2.69. The lowest BCUT2D eigenvalue weighted by molar-refractivity contribution is 0.110. The van der Waals surface area contributed by atoms with Gasteiger partial charge in [-0.25, -0.2) is 0 Å². The van der Waals surface area contributed by atoms with Crippen molar-refractivity contribution in [3.8, 4) is 0 Å². The second-order valence-corrected chi connectivity index (χ2v) is 5.56. The summed E-state index contributed by atoms with van der Waals surface area (Å²) < 4.78 is 0.